The van der Waals surface area contributed by atoms with Gasteiger partial charge in [0.05, 0.1) is 0 Å². The second-order valence-electron chi connectivity index (χ2n) is 9.15. The second-order valence-corrected chi connectivity index (χ2v) is 9.15. The first-order valence-corrected chi connectivity index (χ1v) is 9.70. The molecular weight excluding hydrogens is 314 g/mol. The van der Waals surface area contributed by atoms with Crippen LogP contribution in [0, 0.1) is 11.3 Å². The quantitative estimate of drug-likeness (QED) is 0.841. The molecule has 0 saturated carbocycles. The van der Waals surface area contributed by atoms with E-state index in [1.54, 1.807) is 0 Å². The smallest absolute Gasteiger partial charge is 0.276 e. The van der Waals surface area contributed by atoms with E-state index in [0.717, 1.165) is 56.5 Å². The normalized spacial score (nSPS) is 24.5. The molecule has 3 rings (SSSR count). The average Bonchev–Trinajstić information content (AvgIpc) is 2.96. The SMILES string of the molecule is CN(C)C[C@H]1CCCCN1C(=O)c1noc2c1C[C@@H](C(C)(C)C)CC2. The van der Waals surface area contributed by atoms with Crippen molar-refractivity contribution in [3.63, 3.8) is 0 Å². The highest BCUT2D eigenvalue weighted by Gasteiger charge is 2.37. The first kappa shape index (κ1) is 18.4. The van der Waals surface area contributed by atoms with E-state index in [2.05, 4.69) is 44.9 Å². The molecule has 25 heavy (non-hydrogen) atoms. The number of aromatic nitrogens is 1. The minimum atomic E-state index is 0.0751. The van der Waals surface area contributed by atoms with E-state index < -0.39 is 0 Å². The predicted octanol–water partition coefficient (Wildman–Crippen LogP) is 3.38. The first-order chi connectivity index (χ1) is 11.8. The van der Waals surface area contributed by atoms with Crippen LogP contribution >= 0.6 is 0 Å². The Morgan fingerprint density at radius 1 is 1.28 bits per heavy atom. The lowest BCUT2D eigenvalue weighted by molar-refractivity contribution is 0.0563. The van der Waals surface area contributed by atoms with E-state index >= 15 is 0 Å². The van der Waals surface area contributed by atoms with Crippen molar-refractivity contribution in [3.8, 4) is 0 Å². The fraction of sp³-hybridized carbons (Fsp3) is 0.800. The molecule has 5 nitrogen and oxygen atoms in total. The standard InChI is InChI=1S/C20H33N3O2/c1-20(2,3)14-9-10-17-16(12-14)18(21-25-17)19(24)23-11-7-6-8-15(23)13-22(4)5/h14-15H,6-13H2,1-5H3/t14-,15+/m0/s1. The van der Waals surface area contributed by atoms with E-state index in [1.807, 2.05) is 4.90 Å². The lowest BCUT2D eigenvalue weighted by atomic mass is 9.71. The van der Waals surface area contributed by atoms with Crippen molar-refractivity contribution in [2.45, 2.75) is 65.3 Å². The third-order valence-electron chi connectivity index (χ3n) is 5.93. The van der Waals surface area contributed by atoms with Gasteiger partial charge in [0.25, 0.3) is 5.91 Å². The van der Waals surface area contributed by atoms with E-state index in [0.29, 0.717) is 11.6 Å². The average molecular weight is 348 g/mol. The van der Waals surface area contributed by atoms with Crippen LogP contribution < -0.4 is 0 Å². The molecule has 1 aliphatic carbocycles. The summed E-state index contributed by atoms with van der Waals surface area (Å²) in [6.07, 6.45) is 6.29. The number of aryl methyl sites for hydroxylation is 1. The lowest BCUT2D eigenvalue weighted by Gasteiger charge is -2.37. The third kappa shape index (κ3) is 3.91. The van der Waals surface area contributed by atoms with Gasteiger partial charge < -0.3 is 14.3 Å². The van der Waals surface area contributed by atoms with Gasteiger partial charge in [0.1, 0.15) is 5.76 Å². The van der Waals surface area contributed by atoms with Gasteiger partial charge in [-0.1, -0.05) is 25.9 Å². The minimum absolute atomic E-state index is 0.0751. The van der Waals surface area contributed by atoms with Gasteiger partial charge in [-0.05, 0) is 57.5 Å². The molecule has 0 N–H and O–H groups in total. The highest BCUT2D eigenvalue weighted by Crippen LogP contribution is 2.38. The molecule has 2 atom stereocenters. The number of amides is 1. The summed E-state index contributed by atoms with van der Waals surface area (Å²) in [5.41, 5.74) is 1.90. The van der Waals surface area contributed by atoms with Crippen LogP contribution in [-0.4, -0.2) is 54.1 Å². The summed E-state index contributed by atoms with van der Waals surface area (Å²) in [7, 11) is 4.15. The molecule has 1 aliphatic heterocycles. The van der Waals surface area contributed by atoms with Gasteiger partial charge in [-0.25, -0.2) is 0 Å². The van der Waals surface area contributed by atoms with E-state index in [4.69, 9.17) is 4.52 Å². The monoisotopic (exact) mass is 347 g/mol. The van der Waals surface area contributed by atoms with Crippen LogP contribution in [0.4, 0.5) is 0 Å². The molecule has 1 saturated heterocycles. The maximum atomic E-state index is 13.3. The van der Waals surface area contributed by atoms with Crippen LogP contribution in [0.15, 0.2) is 4.52 Å². The molecule has 0 unspecified atom stereocenters. The van der Waals surface area contributed by atoms with Crippen molar-refractivity contribution < 1.29 is 9.32 Å². The Bertz CT molecular complexity index is 615. The summed E-state index contributed by atoms with van der Waals surface area (Å²) >= 11 is 0. The number of hydrogen-bond acceptors (Lipinski definition) is 4. The molecule has 0 aromatic carbocycles. The Labute approximate surface area is 151 Å². The number of carbonyl (C=O) groups is 1. The molecule has 2 heterocycles. The van der Waals surface area contributed by atoms with Crippen LogP contribution in [0.2, 0.25) is 0 Å². The molecule has 0 radical (unpaired) electrons. The summed E-state index contributed by atoms with van der Waals surface area (Å²) in [5.74, 6) is 1.58. The Morgan fingerprint density at radius 3 is 2.72 bits per heavy atom. The Morgan fingerprint density at radius 2 is 2.04 bits per heavy atom. The maximum Gasteiger partial charge on any atom is 0.276 e. The van der Waals surface area contributed by atoms with Crippen molar-refractivity contribution in [2.24, 2.45) is 11.3 Å². The highest BCUT2D eigenvalue weighted by atomic mass is 16.5. The fourth-order valence-corrected chi connectivity index (χ4v) is 4.33. The van der Waals surface area contributed by atoms with Gasteiger partial charge in [-0.15, -0.1) is 0 Å². The number of likely N-dealkylation sites (N-methyl/N-ethyl adjacent to an activating group) is 1. The molecule has 0 spiro atoms. The van der Waals surface area contributed by atoms with Crippen LogP contribution in [0.1, 0.15) is 68.3 Å². The van der Waals surface area contributed by atoms with Gasteiger partial charge in [0.15, 0.2) is 5.69 Å². The van der Waals surface area contributed by atoms with Crippen LogP contribution in [0.5, 0.6) is 0 Å². The zero-order valence-electron chi connectivity index (χ0n) is 16.5. The highest BCUT2D eigenvalue weighted by molar-refractivity contribution is 5.94. The van der Waals surface area contributed by atoms with Crippen molar-refractivity contribution in [1.82, 2.24) is 15.0 Å². The number of likely N-dealkylation sites (tertiary alicyclic amines) is 1. The fourth-order valence-electron chi connectivity index (χ4n) is 4.33. The largest absolute Gasteiger partial charge is 0.360 e. The third-order valence-corrected chi connectivity index (χ3v) is 5.93. The number of carbonyl (C=O) groups excluding carboxylic acids is 1. The first-order valence-electron chi connectivity index (χ1n) is 9.70. The Balaban J connectivity index is 1.82. The predicted molar refractivity (Wildman–Crippen MR) is 98.7 cm³/mol. The minimum Gasteiger partial charge on any atom is -0.360 e. The topological polar surface area (TPSA) is 49.6 Å². The zero-order valence-corrected chi connectivity index (χ0v) is 16.5. The van der Waals surface area contributed by atoms with E-state index in [-0.39, 0.29) is 17.4 Å². The summed E-state index contributed by atoms with van der Waals surface area (Å²) in [6, 6.07) is 0.283. The van der Waals surface area contributed by atoms with Gasteiger partial charge in [0.2, 0.25) is 0 Å². The van der Waals surface area contributed by atoms with Crippen molar-refractivity contribution >= 4 is 5.91 Å². The molecule has 5 heteroatoms. The van der Waals surface area contributed by atoms with Crippen molar-refractivity contribution in [1.29, 1.82) is 0 Å². The molecule has 1 aromatic rings. The van der Waals surface area contributed by atoms with Gasteiger partial charge in [-0.2, -0.15) is 0 Å². The number of fused-ring (bicyclic) bond motifs is 1. The summed E-state index contributed by atoms with van der Waals surface area (Å²) < 4.78 is 5.57. The van der Waals surface area contributed by atoms with Crippen LogP contribution in [0.3, 0.4) is 0 Å². The number of nitrogens with zero attached hydrogens (tertiary/aromatic N) is 3. The molecule has 1 fully saturated rings. The molecule has 0 bridgehead atoms. The molecule has 1 amide bonds. The summed E-state index contributed by atoms with van der Waals surface area (Å²) in [6.45, 7) is 8.61. The molecule has 140 valence electrons. The summed E-state index contributed by atoms with van der Waals surface area (Å²) in [4.78, 5) is 17.5. The Hall–Kier alpha value is -1.36. The second kappa shape index (κ2) is 7.10. The van der Waals surface area contributed by atoms with Crippen molar-refractivity contribution in [2.75, 3.05) is 27.2 Å². The van der Waals surface area contributed by atoms with E-state index in [1.165, 1.54) is 6.42 Å². The Kier molecular flexibility index (Phi) is 5.24. The van der Waals surface area contributed by atoms with Crippen molar-refractivity contribution in [3.05, 3.63) is 17.0 Å². The maximum absolute atomic E-state index is 13.3. The van der Waals surface area contributed by atoms with E-state index in [9.17, 15) is 4.79 Å². The van der Waals surface area contributed by atoms with Gasteiger partial charge in [0, 0.05) is 31.1 Å². The number of hydrogen-bond donors (Lipinski definition) is 0. The molecule has 2 aliphatic rings. The molecular formula is C20H33N3O2. The molecule has 1 aromatic heterocycles. The van der Waals surface area contributed by atoms with Crippen LogP contribution in [0.25, 0.3) is 0 Å². The number of piperidine rings is 1. The lowest BCUT2D eigenvalue weighted by Crippen LogP contribution is -2.48. The number of rotatable bonds is 3. The van der Waals surface area contributed by atoms with Crippen LogP contribution in [-0.2, 0) is 12.8 Å². The van der Waals surface area contributed by atoms with Gasteiger partial charge >= 0.3 is 0 Å². The summed E-state index contributed by atoms with van der Waals surface area (Å²) in [5, 5.41) is 4.22. The zero-order chi connectivity index (χ0) is 18.2. The van der Waals surface area contributed by atoms with Gasteiger partial charge in [-0.3, -0.25) is 4.79 Å².